The summed E-state index contributed by atoms with van der Waals surface area (Å²) in [5.41, 5.74) is -0.0468. The van der Waals surface area contributed by atoms with Crippen molar-refractivity contribution in [1.29, 1.82) is 0 Å². The molecule has 1 aromatic carbocycles. The third-order valence-electron chi connectivity index (χ3n) is 3.59. The minimum atomic E-state index is -0.775. The van der Waals surface area contributed by atoms with E-state index in [2.05, 4.69) is 10.3 Å². The summed E-state index contributed by atoms with van der Waals surface area (Å²) in [5.74, 6) is -0.507. The number of halogens is 1. The zero-order valence-electron chi connectivity index (χ0n) is 12.7. The Kier molecular flexibility index (Phi) is 3.95. The van der Waals surface area contributed by atoms with Crippen LogP contribution in [0.25, 0.3) is 5.65 Å². The number of rotatable bonds is 4. The molecule has 0 spiro atoms. The molecule has 0 aliphatic carbocycles. The van der Waals surface area contributed by atoms with Crippen LogP contribution in [0.3, 0.4) is 0 Å². The third-order valence-corrected chi connectivity index (χ3v) is 3.59. The maximum Gasteiger partial charge on any atom is 0.376 e. The van der Waals surface area contributed by atoms with Crippen LogP contribution in [-0.2, 0) is 6.54 Å². The summed E-state index contributed by atoms with van der Waals surface area (Å²) in [7, 11) is 0. The molecule has 2 heterocycles. The molecule has 0 fully saturated rings. The molecule has 0 aliphatic rings. The van der Waals surface area contributed by atoms with Crippen LogP contribution in [0, 0.1) is 22.9 Å². The van der Waals surface area contributed by atoms with Gasteiger partial charge in [-0.15, -0.1) is 0 Å². The number of hydrogen-bond donors (Lipinski definition) is 1. The normalized spacial score (nSPS) is 10.8. The zero-order valence-corrected chi connectivity index (χ0v) is 12.7. The Morgan fingerprint density at radius 1 is 1.33 bits per heavy atom. The standard InChI is InChI=1S/C16H13FN4O3/c1-10-5-6-11(8-12(10)17)9-18-15-14(21(23)24)16(22)20-7-3-2-4-13(20)19-15/h2-8,18H,9H2,1H3. The van der Waals surface area contributed by atoms with Gasteiger partial charge in [0.2, 0.25) is 5.82 Å². The maximum absolute atomic E-state index is 13.6. The van der Waals surface area contributed by atoms with Gasteiger partial charge in [-0.1, -0.05) is 18.2 Å². The van der Waals surface area contributed by atoms with Crippen LogP contribution >= 0.6 is 0 Å². The SMILES string of the molecule is Cc1ccc(CNc2nc3ccccn3c(=O)c2[N+](=O)[O-])cc1F. The summed E-state index contributed by atoms with van der Waals surface area (Å²) >= 11 is 0. The summed E-state index contributed by atoms with van der Waals surface area (Å²) in [5, 5.41) is 14.0. The lowest BCUT2D eigenvalue weighted by molar-refractivity contribution is -0.385. The Morgan fingerprint density at radius 3 is 2.83 bits per heavy atom. The molecule has 2 aromatic heterocycles. The first-order valence-corrected chi connectivity index (χ1v) is 7.12. The number of nitrogens with zero attached hydrogens (tertiary/aromatic N) is 3. The molecule has 0 unspecified atom stereocenters. The number of nitro groups is 1. The number of aromatic nitrogens is 2. The van der Waals surface area contributed by atoms with Crippen molar-refractivity contribution in [2.45, 2.75) is 13.5 Å². The van der Waals surface area contributed by atoms with Gasteiger partial charge < -0.3 is 5.32 Å². The lowest BCUT2D eigenvalue weighted by atomic mass is 10.1. The first kappa shape index (κ1) is 15.6. The number of aryl methyl sites for hydroxylation is 1. The van der Waals surface area contributed by atoms with Crippen LogP contribution in [0.1, 0.15) is 11.1 Å². The highest BCUT2D eigenvalue weighted by Gasteiger charge is 2.23. The van der Waals surface area contributed by atoms with Crippen LogP contribution in [-0.4, -0.2) is 14.3 Å². The van der Waals surface area contributed by atoms with Crippen molar-refractivity contribution < 1.29 is 9.31 Å². The number of anilines is 1. The molecule has 0 atom stereocenters. The fourth-order valence-corrected chi connectivity index (χ4v) is 2.30. The Bertz CT molecular complexity index is 1000. The van der Waals surface area contributed by atoms with Crippen molar-refractivity contribution >= 4 is 17.2 Å². The van der Waals surface area contributed by atoms with E-state index in [0.717, 1.165) is 4.40 Å². The van der Waals surface area contributed by atoms with Gasteiger partial charge in [-0.05, 0) is 36.2 Å². The molecular formula is C16H13FN4O3. The van der Waals surface area contributed by atoms with Crippen LogP contribution in [0.5, 0.6) is 0 Å². The fourth-order valence-electron chi connectivity index (χ4n) is 2.30. The van der Waals surface area contributed by atoms with Gasteiger partial charge in [-0.3, -0.25) is 19.3 Å². The summed E-state index contributed by atoms with van der Waals surface area (Å²) in [6.45, 7) is 1.75. The van der Waals surface area contributed by atoms with E-state index < -0.39 is 16.2 Å². The van der Waals surface area contributed by atoms with Crippen molar-refractivity contribution in [3.63, 3.8) is 0 Å². The smallest absolute Gasteiger partial charge is 0.360 e. The maximum atomic E-state index is 13.6. The molecular weight excluding hydrogens is 315 g/mol. The minimum Gasteiger partial charge on any atom is -0.360 e. The van der Waals surface area contributed by atoms with Crippen molar-refractivity contribution in [3.05, 3.63) is 80.0 Å². The molecule has 24 heavy (non-hydrogen) atoms. The van der Waals surface area contributed by atoms with Gasteiger partial charge in [0.05, 0.1) is 4.92 Å². The Morgan fingerprint density at radius 2 is 2.12 bits per heavy atom. The Balaban J connectivity index is 2.01. The molecule has 0 saturated heterocycles. The van der Waals surface area contributed by atoms with Crippen molar-refractivity contribution in [1.82, 2.24) is 9.38 Å². The van der Waals surface area contributed by atoms with Gasteiger partial charge in [-0.25, -0.2) is 9.37 Å². The number of benzene rings is 1. The second-order valence-electron chi connectivity index (χ2n) is 5.24. The largest absolute Gasteiger partial charge is 0.376 e. The molecule has 3 rings (SSSR count). The van der Waals surface area contributed by atoms with Gasteiger partial charge >= 0.3 is 11.2 Å². The van der Waals surface area contributed by atoms with E-state index in [9.17, 15) is 19.3 Å². The van der Waals surface area contributed by atoms with E-state index in [4.69, 9.17) is 0 Å². The third kappa shape index (κ3) is 2.81. The van der Waals surface area contributed by atoms with E-state index in [-0.39, 0.29) is 23.8 Å². The van der Waals surface area contributed by atoms with Gasteiger partial charge in [0.15, 0.2) is 0 Å². The average molecular weight is 328 g/mol. The molecule has 7 nitrogen and oxygen atoms in total. The van der Waals surface area contributed by atoms with Crippen LogP contribution in [0.2, 0.25) is 0 Å². The second kappa shape index (κ2) is 6.07. The van der Waals surface area contributed by atoms with Gasteiger partial charge in [0.1, 0.15) is 11.5 Å². The van der Waals surface area contributed by atoms with E-state index in [1.807, 2.05) is 0 Å². The number of hydrogen-bond acceptors (Lipinski definition) is 5. The first-order chi connectivity index (χ1) is 11.5. The van der Waals surface area contributed by atoms with Crippen molar-refractivity contribution in [2.75, 3.05) is 5.32 Å². The summed E-state index contributed by atoms with van der Waals surface area (Å²) in [6, 6.07) is 9.48. The van der Waals surface area contributed by atoms with E-state index in [0.29, 0.717) is 11.1 Å². The molecule has 1 N–H and O–H groups in total. The summed E-state index contributed by atoms with van der Waals surface area (Å²) in [6.07, 6.45) is 1.41. The Hall–Kier alpha value is -3.29. The highest BCUT2D eigenvalue weighted by Crippen LogP contribution is 2.19. The van der Waals surface area contributed by atoms with Crippen LogP contribution in [0.4, 0.5) is 15.9 Å². The van der Waals surface area contributed by atoms with Crippen molar-refractivity contribution in [2.24, 2.45) is 0 Å². The molecule has 0 radical (unpaired) electrons. The van der Waals surface area contributed by atoms with E-state index in [1.165, 1.54) is 12.3 Å². The molecule has 8 heteroatoms. The molecule has 0 amide bonds. The molecule has 0 saturated carbocycles. The van der Waals surface area contributed by atoms with Gasteiger partial charge in [0, 0.05) is 12.7 Å². The highest BCUT2D eigenvalue weighted by molar-refractivity contribution is 5.59. The molecule has 0 aliphatic heterocycles. The summed E-state index contributed by atoms with van der Waals surface area (Å²) < 4.78 is 14.7. The molecule has 0 bridgehead atoms. The van der Waals surface area contributed by atoms with Crippen molar-refractivity contribution in [3.8, 4) is 0 Å². The second-order valence-corrected chi connectivity index (χ2v) is 5.24. The average Bonchev–Trinajstić information content (AvgIpc) is 2.55. The minimum absolute atomic E-state index is 0.105. The number of nitrogens with one attached hydrogen (secondary N) is 1. The number of fused-ring (bicyclic) bond motifs is 1. The lowest BCUT2D eigenvalue weighted by Gasteiger charge is -2.08. The van der Waals surface area contributed by atoms with E-state index in [1.54, 1.807) is 37.3 Å². The topological polar surface area (TPSA) is 89.5 Å². The highest BCUT2D eigenvalue weighted by atomic mass is 19.1. The van der Waals surface area contributed by atoms with Crippen LogP contribution < -0.4 is 10.9 Å². The quantitative estimate of drug-likeness (QED) is 0.587. The van der Waals surface area contributed by atoms with Gasteiger partial charge in [-0.2, -0.15) is 0 Å². The zero-order chi connectivity index (χ0) is 17.3. The van der Waals surface area contributed by atoms with E-state index >= 15 is 0 Å². The first-order valence-electron chi connectivity index (χ1n) is 7.12. The fraction of sp³-hybridized carbons (Fsp3) is 0.125. The lowest BCUT2D eigenvalue weighted by Crippen LogP contribution is -2.21. The summed E-state index contributed by atoms with van der Waals surface area (Å²) in [4.78, 5) is 26.9. The monoisotopic (exact) mass is 328 g/mol. The van der Waals surface area contributed by atoms with Gasteiger partial charge in [0.25, 0.3) is 0 Å². The predicted octanol–water partition coefficient (Wildman–Crippen LogP) is 2.66. The molecule has 122 valence electrons. The Labute approximate surface area is 135 Å². The van der Waals surface area contributed by atoms with Crippen LogP contribution in [0.15, 0.2) is 47.4 Å². The number of pyridine rings is 1. The predicted molar refractivity (Wildman–Crippen MR) is 86.6 cm³/mol. The molecule has 3 aromatic rings.